The van der Waals surface area contributed by atoms with E-state index < -0.39 is 0 Å². The zero-order valence-corrected chi connectivity index (χ0v) is 11.3. The number of nitriles is 1. The molecule has 1 aliphatic rings. The second kappa shape index (κ2) is 5.44. The molecule has 0 atom stereocenters. The molecular formula is C16H21NO. The maximum atomic E-state index is 9.28. The van der Waals surface area contributed by atoms with E-state index in [0.717, 1.165) is 31.4 Å². The largest absolute Gasteiger partial charge is 0.492 e. The normalized spacial score (nSPS) is 17.7. The molecular weight excluding hydrogens is 222 g/mol. The Hall–Kier alpha value is -1.49. The van der Waals surface area contributed by atoms with Crippen molar-refractivity contribution in [1.82, 2.24) is 0 Å². The van der Waals surface area contributed by atoms with Gasteiger partial charge in [0.15, 0.2) is 0 Å². The molecule has 1 aromatic carbocycles. The van der Waals surface area contributed by atoms with Crippen LogP contribution in [0.5, 0.6) is 5.75 Å². The van der Waals surface area contributed by atoms with E-state index in [0.29, 0.717) is 12.5 Å². The van der Waals surface area contributed by atoms with Crippen LogP contribution in [-0.4, -0.2) is 6.61 Å². The number of hydrogen-bond donors (Lipinski definition) is 0. The van der Waals surface area contributed by atoms with Crippen molar-refractivity contribution in [1.29, 1.82) is 5.26 Å². The van der Waals surface area contributed by atoms with Crippen molar-refractivity contribution < 1.29 is 4.74 Å². The van der Waals surface area contributed by atoms with E-state index in [1.54, 1.807) is 0 Å². The fourth-order valence-corrected chi connectivity index (χ4v) is 2.51. The average Bonchev–Trinajstić information content (AvgIpc) is 2.86. The summed E-state index contributed by atoms with van der Waals surface area (Å²) in [7, 11) is 0. The molecule has 0 aromatic heterocycles. The first kappa shape index (κ1) is 13.0. The minimum absolute atomic E-state index is 0.239. The predicted molar refractivity (Wildman–Crippen MR) is 72.5 cm³/mol. The molecule has 96 valence electrons. The Morgan fingerprint density at radius 2 is 1.83 bits per heavy atom. The Labute approximate surface area is 110 Å². The number of nitrogens with zero attached hydrogens (tertiary/aromatic N) is 1. The van der Waals surface area contributed by atoms with E-state index in [-0.39, 0.29) is 5.41 Å². The number of ether oxygens (including phenoxy) is 1. The quantitative estimate of drug-likeness (QED) is 0.791. The van der Waals surface area contributed by atoms with Gasteiger partial charge in [-0.3, -0.25) is 0 Å². The number of hydrogen-bond acceptors (Lipinski definition) is 2. The van der Waals surface area contributed by atoms with Gasteiger partial charge in [-0.05, 0) is 36.5 Å². The van der Waals surface area contributed by atoms with Crippen molar-refractivity contribution >= 4 is 0 Å². The molecule has 0 spiro atoms. The molecule has 2 rings (SSSR count). The second-order valence-electron chi connectivity index (χ2n) is 5.61. The van der Waals surface area contributed by atoms with Crippen LogP contribution in [0.15, 0.2) is 24.3 Å². The van der Waals surface area contributed by atoms with Crippen LogP contribution in [0.1, 0.15) is 51.0 Å². The van der Waals surface area contributed by atoms with Gasteiger partial charge in [0, 0.05) is 0 Å². The van der Waals surface area contributed by atoms with Crippen LogP contribution >= 0.6 is 0 Å². The molecule has 0 N–H and O–H groups in total. The third kappa shape index (κ3) is 2.85. The predicted octanol–water partition coefficient (Wildman–Crippen LogP) is 4.27. The third-order valence-electron chi connectivity index (χ3n) is 3.86. The summed E-state index contributed by atoms with van der Waals surface area (Å²) in [6.45, 7) is 4.89. The van der Waals surface area contributed by atoms with E-state index in [1.165, 1.54) is 5.56 Å². The zero-order valence-electron chi connectivity index (χ0n) is 11.3. The lowest BCUT2D eigenvalue weighted by Gasteiger charge is -2.20. The molecule has 2 nitrogen and oxygen atoms in total. The fraction of sp³-hybridized carbons (Fsp3) is 0.562. The van der Waals surface area contributed by atoms with Gasteiger partial charge in [-0.1, -0.05) is 38.8 Å². The van der Waals surface area contributed by atoms with Gasteiger partial charge in [-0.25, -0.2) is 0 Å². The summed E-state index contributed by atoms with van der Waals surface area (Å²) in [5.41, 5.74) is 1.08. The van der Waals surface area contributed by atoms with Crippen molar-refractivity contribution in [2.45, 2.75) is 45.4 Å². The first-order chi connectivity index (χ1) is 8.65. The minimum atomic E-state index is -0.239. The lowest BCUT2D eigenvalue weighted by atomic mass is 9.89. The summed E-state index contributed by atoms with van der Waals surface area (Å²) in [4.78, 5) is 0. The van der Waals surface area contributed by atoms with Crippen LogP contribution in [0.4, 0.5) is 0 Å². The molecule has 0 saturated heterocycles. The van der Waals surface area contributed by atoms with Gasteiger partial charge in [-0.2, -0.15) is 5.26 Å². The zero-order chi connectivity index (χ0) is 13.0. The number of rotatable bonds is 4. The lowest BCUT2D eigenvalue weighted by molar-refractivity contribution is 0.201. The summed E-state index contributed by atoms with van der Waals surface area (Å²) in [6, 6.07) is 10.7. The van der Waals surface area contributed by atoms with Gasteiger partial charge < -0.3 is 4.74 Å². The summed E-state index contributed by atoms with van der Waals surface area (Å²) >= 11 is 0. The van der Waals surface area contributed by atoms with Crippen molar-refractivity contribution in [3.8, 4) is 11.8 Å². The topological polar surface area (TPSA) is 33.0 Å². The van der Waals surface area contributed by atoms with Gasteiger partial charge in [0.25, 0.3) is 0 Å². The monoisotopic (exact) mass is 243 g/mol. The van der Waals surface area contributed by atoms with Crippen LogP contribution in [0.25, 0.3) is 0 Å². The molecule has 0 unspecified atom stereocenters. The van der Waals surface area contributed by atoms with E-state index in [4.69, 9.17) is 4.74 Å². The highest BCUT2D eigenvalue weighted by Gasteiger charge is 2.34. The molecule has 0 bridgehead atoms. The molecule has 0 radical (unpaired) electrons. The van der Waals surface area contributed by atoms with Gasteiger partial charge in [-0.15, -0.1) is 0 Å². The lowest BCUT2D eigenvalue weighted by Crippen LogP contribution is -2.23. The van der Waals surface area contributed by atoms with E-state index in [9.17, 15) is 5.26 Å². The van der Waals surface area contributed by atoms with Crippen LogP contribution in [0.2, 0.25) is 0 Å². The summed E-state index contributed by atoms with van der Waals surface area (Å²) in [5.74, 6) is 1.42. The van der Waals surface area contributed by atoms with Crippen LogP contribution in [-0.2, 0) is 0 Å². The van der Waals surface area contributed by atoms with Crippen LogP contribution in [0, 0.1) is 16.7 Å². The molecule has 1 aliphatic carbocycles. The first-order valence-corrected chi connectivity index (χ1v) is 6.79. The summed E-state index contributed by atoms with van der Waals surface area (Å²) in [5, 5.41) is 9.28. The van der Waals surface area contributed by atoms with E-state index in [2.05, 4.69) is 32.0 Å². The standard InChI is InChI=1S/C16H21NO/c1-13(2)14-5-7-15(8-6-14)18-12-16(11-17)9-3-4-10-16/h5-8,13H,3-4,9-10,12H2,1-2H3. The van der Waals surface area contributed by atoms with Gasteiger partial charge in [0.2, 0.25) is 0 Å². The molecule has 1 fully saturated rings. The summed E-state index contributed by atoms with van der Waals surface area (Å²) in [6.07, 6.45) is 4.27. The van der Waals surface area contributed by atoms with E-state index >= 15 is 0 Å². The fourth-order valence-electron chi connectivity index (χ4n) is 2.51. The molecule has 1 aromatic rings. The van der Waals surface area contributed by atoms with Gasteiger partial charge in [0.1, 0.15) is 12.4 Å². The van der Waals surface area contributed by atoms with Crippen molar-refractivity contribution in [3.63, 3.8) is 0 Å². The molecule has 0 amide bonds. The second-order valence-corrected chi connectivity index (χ2v) is 5.61. The van der Waals surface area contributed by atoms with Crippen molar-refractivity contribution in [2.75, 3.05) is 6.61 Å². The molecule has 18 heavy (non-hydrogen) atoms. The first-order valence-electron chi connectivity index (χ1n) is 6.79. The Morgan fingerprint density at radius 1 is 1.22 bits per heavy atom. The number of benzene rings is 1. The SMILES string of the molecule is CC(C)c1ccc(OCC2(C#N)CCCC2)cc1. The maximum absolute atomic E-state index is 9.28. The highest BCUT2D eigenvalue weighted by atomic mass is 16.5. The summed E-state index contributed by atoms with van der Waals surface area (Å²) < 4.78 is 5.80. The third-order valence-corrected chi connectivity index (χ3v) is 3.86. The van der Waals surface area contributed by atoms with Gasteiger partial charge >= 0.3 is 0 Å². The average molecular weight is 243 g/mol. The Morgan fingerprint density at radius 3 is 2.33 bits per heavy atom. The van der Waals surface area contributed by atoms with Crippen LogP contribution in [0.3, 0.4) is 0 Å². The molecule has 0 aliphatic heterocycles. The highest BCUT2D eigenvalue weighted by Crippen LogP contribution is 2.37. The van der Waals surface area contributed by atoms with Gasteiger partial charge in [0.05, 0.1) is 11.5 Å². The Balaban J connectivity index is 1.96. The molecule has 0 heterocycles. The smallest absolute Gasteiger partial charge is 0.119 e. The van der Waals surface area contributed by atoms with Crippen LogP contribution < -0.4 is 4.74 Å². The Kier molecular flexibility index (Phi) is 3.91. The highest BCUT2D eigenvalue weighted by molar-refractivity contribution is 5.29. The van der Waals surface area contributed by atoms with E-state index in [1.807, 2.05) is 12.1 Å². The molecule has 2 heteroatoms. The molecule has 1 saturated carbocycles. The van der Waals surface area contributed by atoms with Crippen molar-refractivity contribution in [2.24, 2.45) is 5.41 Å². The minimum Gasteiger partial charge on any atom is -0.492 e. The maximum Gasteiger partial charge on any atom is 0.119 e. The van der Waals surface area contributed by atoms with Crippen molar-refractivity contribution in [3.05, 3.63) is 29.8 Å². The Bertz CT molecular complexity index is 421.